The van der Waals surface area contributed by atoms with Gasteiger partial charge in [0.25, 0.3) is 5.91 Å². The molecule has 1 N–H and O–H groups in total. The summed E-state index contributed by atoms with van der Waals surface area (Å²) in [5.41, 5.74) is 1.22. The van der Waals surface area contributed by atoms with Crippen LogP contribution >= 0.6 is 11.3 Å². The maximum atomic E-state index is 12.7. The zero-order valence-electron chi connectivity index (χ0n) is 14.3. The number of hydrogen-bond donors (Lipinski definition) is 1. The molecule has 0 spiro atoms. The van der Waals surface area contributed by atoms with E-state index in [9.17, 15) is 4.79 Å². The lowest BCUT2D eigenvalue weighted by Crippen LogP contribution is -2.44. The first-order chi connectivity index (χ1) is 11.5. The molecule has 24 heavy (non-hydrogen) atoms. The summed E-state index contributed by atoms with van der Waals surface area (Å²) in [5.74, 6) is 0.0988. The third-order valence-electron chi connectivity index (χ3n) is 4.07. The lowest BCUT2D eigenvalue weighted by Gasteiger charge is -2.32. The van der Waals surface area contributed by atoms with Gasteiger partial charge in [-0.15, -0.1) is 11.3 Å². The molecule has 3 heterocycles. The first-order valence-electron chi connectivity index (χ1n) is 8.20. The number of nitrogens with one attached hydrogen (secondary N) is 1. The molecular formula is C17H23N5OS. The van der Waals surface area contributed by atoms with E-state index in [1.54, 1.807) is 29.8 Å². The molecule has 0 aliphatic carbocycles. The quantitative estimate of drug-likeness (QED) is 0.923. The Hall–Kier alpha value is -1.99. The molecule has 1 saturated heterocycles. The summed E-state index contributed by atoms with van der Waals surface area (Å²) in [4.78, 5) is 27.0. The molecule has 128 valence electrons. The van der Waals surface area contributed by atoms with Crippen molar-refractivity contribution in [3.8, 4) is 0 Å². The maximum absolute atomic E-state index is 12.7. The van der Waals surface area contributed by atoms with Crippen LogP contribution in [0.2, 0.25) is 0 Å². The Kier molecular flexibility index (Phi) is 5.11. The van der Waals surface area contributed by atoms with E-state index < -0.39 is 0 Å². The summed E-state index contributed by atoms with van der Waals surface area (Å²) >= 11 is 1.63. The third-order valence-corrected chi connectivity index (χ3v) is 5.49. The van der Waals surface area contributed by atoms with Crippen LogP contribution in [-0.4, -0.2) is 54.0 Å². The molecule has 1 amide bonds. The number of likely N-dealkylation sites (N-methyl/N-ethyl adjacent to an activating group) is 1. The van der Waals surface area contributed by atoms with Gasteiger partial charge in [-0.2, -0.15) is 0 Å². The van der Waals surface area contributed by atoms with Crippen LogP contribution in [0.3, 0.4) is 0 Å². The first-order valence-corrected chi connectivity index (χ1v) is 9.02. The van der Waals surface area contributed by atoms with Crippen LogP contribution in [0.25, 0.3) is 0 Å². The van der Waals surface area contributed by atoms with Crippen LogP contribution < -0.4 is 10.2 Å². The van der Waals surface area contributed by atoms with Crippen molar-refractivity contribution in [1.82, 2.24) is 14.9 Å². The van der Waals surface area contributed by atoms with Crippen LogP contribution in [0.1, 0.15) is 35.1 Å². The zero-order valence-corrected chi connectivity index (χ0v) is 15.1. The molecule has 0 radical (unpaired) electrons. The van der Waals surface area contributed by atoms with Crippen molar-refractivity contribution in [1.29, 1.82) is 0 Å². The van der Waals surface area contributed by atoms with Crippen LogP contribution in [0.5, 0.6) is 0 Å². The molecule has 6 nitrogen and oxygen atoms in total. The van der Waals surface area contributed by atoms with E-state index in [0.717, 1.165) is 36.2 Å². The largest absolute Gasteiger partial charge is 0.346 e. The van der Waals surface area contributed by atoms with Crippen molar-refractivity contribution in [3.63, 3.8) is 0 Å². The number of anilines is 2. The number of amides is 1. The molecule has 3 rings (SSSR count). The molecule has 1 fully saturated rings. The topological polar surface area (TPSA) is 61.4 Å². The van der Waals surface area contributed by atoms with Crippen molar-refractivity contribution in [2.45, 2.75) is 19.8 Å². The third kappa shape index (κ3) is 3.73. The second kappa shape index (κ2) is 7.27. The zero-order chi connectivity index (χ0) is 17.1. The second-order valence-electron chi connectivity index (χ2n) is 6.35. The Balaban J connectivity index is 1.82. The lowest BCUT2D eigenvalue weighted by atomic mass is 10.1. The molecule has 0 saturated carbocycles. The van der Waals surface area contributed by atoms with Crippen molar-refractivity contribution in [2.24, 2.45) is 0 Å². The Morgan fingerprint density at radius 3 is 2.67 bits per heavy atom. The summed E-state index contributed by atoms with van der Waals surface area (Å²) in [6, 6.07) is 3.63. The van der Waals surface area contributed by atoms with Crippen molar-refractivity contribution < 1.29 is 4.79 Å². The van der Waals surface area contributed by atoms with Crippen molar-refractivity contribution in [3.05, 3.63) is 35.1 Å². The predicted octanol–water partition coefficient (Wildman–Crippen LogP) is 2.67. The summed E-state index contributed by atoms with van der Waals surface area (Å²) < 4.78 is 0. The fourth-order valence-electron chi connectivity index (χ4n) is 2.63. The molecule has 1 aliphatic rings. The number of carbonyl (C=O) groups excluding carboxylic acids is 1. The molecule has 2 aromatic rings. The average molecular weight is 345 g/mol. The van der Waals surface area contributed by atoms with Gasteiger partial charge in [0.1, 0.15) is 5.69 Å². The van der Waals surface area contributed by atoms with Gasteiger partial charge >= 0.3 is 0 Å². The van der Waals surface area contributed by atoms with Gasteiger partial charge in [0.2, 0.25) is 0 Å². The van der Waals surface area contributed by atoms with Gasteiger partial charge in [-0.1, -0.05) is 13.8 Å². The van der Waals surface area contributed by atoms with Crippen molar-refractivity contribution >= 4 is 28.1 Å². The highest BCUT2D eigenvalue weighted by Crippen LogP contribution is 2.32. The molecule has 0 atom stereocenters. The molecule has 0 unspecified atom stereocenters. The van der Waals surface area contributed by atoms with E-state index in [-0.39, 0.29) is 11.8 Å². The monoisotopic (exact) mass is 345 g/mol. The maximum Gasteiger partial charge on any atom is 0.275 e. The Morgan fingerprint density at radius 1 is 1.29 bits per heavy atom. The Bertz CT molecular complexity index is 692. The number of carbonyl (C=O) groups is 1. The molecule has 2 aromatic heterocycles. The number of hydrogen-bond acceptors (Lipinski definition) is 6. The first kappa shape index (κ1) is 16.9. The molecule has 0 aromatic carbocycles. The molecule has 0 bridgehead atoms. The highest BCUT2D eigenvalue weighted by atomic mass is 32.1. The number of thiazole rings is 1. The van der Waals surface area contributed by atoms with Gasteiger partial charge < -0.3 is 15.1 Å². The highest BCUT2D eigenvalue weighted by Gasteiger charge is 2.24. The van der Waals surface area contributed by atoms with Gasteiger partial charge in [0, 0.05) is 37.3 Å². The number of piperazine rings is 1. The van der Waals surface area contributed by atoms with Crippen LogP contribution in [0.15, 0.2) is 24.5 Å². The number of pyridine rings is 1. The van der Waals surface area contributed by atoms with Crippen molar-refractivity contribution in [2.75, 3.05) is 43.4 Å². The van der Waals surface area contributed by atoms with Gasteiger partial charge in [-0.3, -0.25) is 9.78 Å². The van der Waals surface area contributed by atoms with Gasteiger partial charge in [0.15, 0.2) is 5.13 Å². The minimum Gasteiger partial charge on any atom is -0.346 e. The standard InChI is InChI=1S/C17H23N5OS/c1-12(2)15-14(16(23)19-13-5-4-6-18-11-13)20-17(24-15)22-9-7-21(3)8-10-22/h4-6,11-12H,7-10H2,1-3H3,(H,19,23). The van der Waals surface area contributed by atoms with E-state index in [2.05, 4.69) is 46.0 Å². The van der Waals surface area contributed by atoms with E-state index in [0.29, 0.717) is 11.4 Å². The summed E-state index contributed by atoms with van der Waals surface area (Å²) in [6.07, 6.45) is 3.32. The highest BCUT2D eigenvalue weighted by molar-refractivity contribution is 7.16. The average Bonchev–Trinajstić information content (AvgIpc) is 3.02. The van der Waals surface area contributed by atoms with Gasteiger partial charge in [-0.05, 0) is 25.1 Å². The van der Waals surface area contributed by atoms with Crippen LogP contribution in [-0.2, 0) is 0 Å². The fraction of sp³-hybridized carbons (Fsp3) is 0.471. The van der Waals surface area contributed by atoms with Gasteiger partial charge in [0.05, 0.1) is 11.9 Å². The minimum absolute atomic E-state index is 0.164. The van der Waals surface area contributed by atoms with Gasteiger partial charge in [-0.25, -0.2) is 4.98 Å². The minimum atomic E-state index is -0.164. The molecule has 7 heteroatoms. The summed E-state index contributed by atoms with van der Waals surface area (Å²) in [7, 11) is 2.13. The van der Waals surface area contributed by atoms with E-state index in [4.69, 9.17) is 0 Å². The van der Waals surface area contributed by atoms with E-state index in [1.165, 1.54) is 0 Å². The van der Waals surface area contributed by atoms with E-state index >= 15 is 0 Å². The van der Waals surface area contributed by atoms with Crippen LogP contribution in [0, 0.1) is 0 Å². The summed E-state index contributed by atoms with van der Waals surface area (Å²) in [5, 5.41) is 3.84. The lowest BCUT2D eigenvalue weighted by molar-refractivity contribution is 0.102. The normalized spacial score (nSPS) is 15.8. The number of rotatable bonds is 4. The second-order valence-corrected chi connectivity index (χ2v) is 7.36. The predicted molar refractivity (Wildman–Crippen MR) is 98.1 cm³/mol. The van der Waals surface area contributed by atoms with E-state index in [1.807, 2.05) is 6.07 Å². The summed E-state index contributed by atoms with van der Waals surface area (Å²) in [6.45, 7) is 8.14. The van der Waals surface area contributed by atoms with Crippen LogP contribution in [0.4, 0.5) is 10.8 Å². The fourth-order valence-corrected chi connectivity index (χ4v) is 3.75. The Labute approximate surface area is 146 Å². The molecular weight excluding hydrogens is 322 g/mol. The number of aromatic nitrogens is 2. The number of nitrogens with zero attached hydrogens (tertiary/aromatic N) is 4. The SMILES string of the molecule is CC(C)c1sc(N2CCN(C)CC2)nc1C(=O)Nc1cccnc1. The molecule has 1 aliphatic heterocycles. The Morgan fingerprint density at radius 2 is 2.04 bits per heavy atom. The smallest absolute Gasteiger partial charge is 0.275 e.